The average molecular weight is 348 g/mol. The topological polar surface area (TPSA) is 55.4 Å². The van der Waals surface area contributed by atoms with Crippen LogP contribution in [0.2, 0.25) is 0 Å². The summed E-state index contributed by atoms with van der Waals surface area (Å²) in [5, 5.41) is 2.79. The lowest BCUT2D eigenvalue weighted by molar-refractivity contribution is -0.131. The molecule has 0 aliphatic rings. The number of aryl methyl sites for hydroxylation is 1. The first-order chi connectivity index (χ1) is 9.97. The van der Waals surface area contributed by atoms with Crippen LogP contribution in [0.5, 0.6) is 5.75 Å². The summed E-state index contributed by atoms with van der Waals surface area (Å²) in [6.45, 7) is 3.24. The Kier molecular flexibility index (Phi) is 4.75. The first-order valence-corrected chi connectivity index (χ1v) is 7.11. The normalized spacial score (nSPS) is 10.0. The Bertz CT molecular complexity index is 698. The minimum atomic E-state index is -0.463. The predicted octanol–water partition coefficient (Wildman–Crippen LogP) is 3.94. The van der Waals surface area contributed by atoms with Crippen LogP contribution in [0.15, 0.2) is 46.9 Å². The van der Waals surface area contributed by atoms with Gasteiger partial charge in [-0.05, 0) is 42.8 Å². The number of anilines is 1. The number of nitrogens with one attached hydrogen (secondary N) is 1. The number of esters is 1. The zero-order valence-corrected chi connectivity index (χ0v) is 13.2. The molecule has 2 aromatic carbocycles. The van der Waals surface area contributed by atoms with E-state index in [1.807, 2.05) is 19.1 Å². The standard InChI is InChI=1S/C16H14BrNO3/c1-10-9-12(7-8-14(10)17)18-16(20)13-5-3-4-6-15(13)21-11(2)19/h3-9H,1-2H3,(H,18,20). The van der Waals surface area contributed by atoms with E-state index in [4.69, 9.17) is 4.74 Å². The molecule has 0 saturated carbocycles. The third-order valence-corrected chi connectivity index (χ3v) is 3.69. The number of amides is 1. The SMILES string of the molecule is CC(=O)Oc1ccccc1C(=O)Nc1ccc(Br)c(C)c1. The molecule has 0 radical (unpaired) electrons. The van der Waals surface area contributed by atoms with Crippen LogP contribution in [-0.2, 0) is 4.79 Å². The molecule has 0 fully saturated rings. The molecule has 21 heavy (non-hydrogen) atoms. The molecule has 0 atom stereocenters. The number of hydrogen-bond donors (Lipinski definition) is 1. The quantitative estimate of drug-likeness (QED) is 0.675. The third-order valence-electron chi connectivity index (χ3n) is 2.80. The number of halogens is 1. The summed E-state index contributed by atoms with van der Waals surface area (Å²) in [7, 11) is 0. The highest BCUT2D eigenvalue weighted by Crippen LogP contribution is 2.23. The molecule has 0 heterocycles. The van der Waals surface area contributed by atoms with Crippen molar-refractivity contribution < 1.29 is 14.3 Å². The molecular formula is C16H14BrNO3. The molecule has 0 saturated heterocycles. The molecule has 0 aliphatic heterocycles. The smallest absolute Gasteiger partial charge is 0.308 e. The van der Waals surface area contributed by atoms with E-state index in [1.54, 1.807) is 30.3 Å². The lowest BCUT2D eigenvalue weighted by atomic mass is 10.1. The second kappa shape index (κ2) is 6.54. The van der Waals surface area contributed by atoms with Gasteiger partial charge in [-0.25, -0.2) is 0 Å². The van der Waals surface area contributed by atoms with E-state index < -0.39 is 5.97 Å². The molecular weight excluding hydrogens is 334 g/mol. The molecule has 0 spiro atoms. The van der Waals surface area contributed by atoms with Gasteiger partial charge in [-0.2, -0.15) is 0 Å². The fraction of sp³-hybridized carbons (Fsp3) is 0.125. The van der Waals surface area contributed by atoms with Crippen LogP contribution >= 0.6 is 15.9 Å². The largest absolute Gasteiger partial charge is 0.426 e. The van der Waals surface area contributed by atoms with Gasteiger partial charge >= 0.3 is 5.97 Å². The van der Waals surface area contributed by atoms with E-state index >= 15 is 0 Å². The third kappa shape index (κ3) is 3.92. The monoisotopic (exact) mass is 347 g/mol. The molecule has 0 bridgehead atoms. The molecule has 1 amide bonds. The van der Waals surface area contributed by atoms with E-state index in [-0.39, 0.29) is 11.7 Å². The minimum Gasteiger partial charge on any atom is -0.426 e. The lowest BCUT2D eigenvalue weighted by Gasteiger charge is -2.10. The number of carbonyl (C=O) groups excluding carboxylic acids is 2. The Morgan fingerprint density at radius 1 is 1.14 bits per heavy atom. The van der Waals surface area contributed by atoms with Gasteiger partial charge < -0.3 is 10.1 Å². The van der Waals surface area contributed by atoms with Gasteiger partial charge in [0.1, 0.15) is 5.75 Å². The highest BCUT2D eigenvalue weighted by Gasteiger charge is 2.13. The van der Waals surface area contributed by atoms with Crippen molar-refractivity contribution in [2.75, 3.05) is 5.32 Å². The predicted molar refractivity (Wildman–Crippen MR) is 84.6 cm³/mol. The fourth-order valence-electron chi connectivity index (χ4n) is 1.82. The Morgan fingerprint density at radius 2 is 1.86 bits per heavy atom. The van der Waals surface area contributed by atoms with E-state index in [9.17, 15) is 9.59 Å². The first-order valence-electron chi connectivity index (χ1n) is 6.32. The summed E-state index contributed by atoms with van der Waals surface area (Å²) in [4.78, 5) is 23.4. The summed E-state index contributed by atoms with van der Waals surface area (Å²) in [6, 6.07) is 12.1. The summed E-state index contributed by atoms with van der Waals surface area (Å²) in [6.07, 6.45) is 0. The number of rotatable bonds is 3. The van der Waals surface area contributed by atoms with Gasteiger partial charge in [0.15, 0.2) is 0 Å². The van der Waals surface area contributed by atoms with Gasteiger partial charge in [-0.3, -0.25) is 9.59 Å². The summed E-state index contributed by atoms with van der Waals surface area (Å²) in [5.74, 6) is -0.542. The maximum absolute atomic E-state index is 12.3. The molecule has 0 aliphatic carbocycles. The van der Waals surface area contributed by atoms with Crippen molar-refractivity contribution in [3.63, 3.8) is 0 Å². The van der Waals surface area contributed by atoms with Crippen LogP contribution in [0.25, 0.3) is 0 Å². The molecule has 0 unspecified atom stereocenters. The van der Waals surface area contributed by atoms with Gasteiger partial charge in [0.05, 0.1) is 5.56 Å². The van der Waals surface area contributed by atoms with Crippen molar-refractivity contribution in [1.82, 2.24) is 0 Å². The number of para-hydroxylation sites is 1. The van der Waals surface area contributed by atoms with Crippen molar-refractivity contribution in [2.45, 2.75) is 13.8 Å². The molecule has 2 aromatic rings. The van der Waals surface area contributed by atoms with Gasteiger partial charge in [0, 0.05) is 17.1 Å². The molecule has 5 heteroatoms. The van der Waals surface area contributed by atoms with Crippen LogP contribution in [-0.4, -0.2) is 11.9 Å². The number of hydrogen-bond acceptors (Lipinski definition) is 3. The summed E-state index contributed by atoms with van der Waals surface area (Å²) >= 11 is 3.41. The van der Waals surface area contributed by atoms with E-state index in [0.29, 0.717) is 11.3 Å². The van der Waals surface area contributed by atoms with E-state index in [0.717, 1.165) is 10.0 Å². The highest BCUT2D eigenvalue weighted by molar-refractivity contribution is 9.10. The fourth-order valence-corrected chi connectivity index (χ4v) is 2.07. The van der Waals surface area contributed by atoms with Crippen molar-refractivity contribution in [3.05, 3.63) is 58.1 Å². The number of benzene rings is 2. The van der Waals surface area contributed by atoms with Gasteiger partial charge in [-0.1, -0.05) is 28.1 Å². The molecule has 0 aromatic heterocycles. The van der Waals surface area contributed by atoms with Gasteiger partial charge in [0.2, 0.25) is 0 Å². The van der Waals surface area contributed by atoms with Crippen molar-refractivity contribution in [2.24, 2.45) is 0 Å². The summed E-state index contributed by atoms with van der Waals surface area (Å²) in [5.41, 5.74) is 2.01. The van der Waals surface area contributed by atoms with E-state index in [1.165, 1.54) is 6.92 Å². The van der Waals surface area contributed by atoms with Gasteiger partial charge in [-0.15, -0.1) is 0 Å². The Balaban J connectivity index is 2.24. The summed E-state index contributed by atoms with van der Waals surface area (Å²) < 4.78 is 6.01. The van der Waals surface area contributed by atoms with Crippen LogP contribution in [0.4, 0.5) is 5.69 Å². The Hall–Kier alpha value is -2.14. The van der Waals surface area contributed by atoms with Crippen LogP contribution in [0.1, 0.15) is 22.8 Å². The molecule has 108 valence electrons. The maximum atomic E-state index is 12.3. The minimum absolute atomic E-state index is 0.247. The second-order valence-corrected chi connectivity index (χ2v) is 5.36. The Morgan fingerprint density at radius 3 is 2.52 bits per heavy atom. The molecule has 4 nitrogen and oxygen atoms in total. The van der Waals surface area contributed by atoms with Crippen molar-refractivity contribution in [1.29, 1.82) is 0 Å². The number of ether oxygens (including phenoxy) is 1. The van der Waals surface area contributed by atoms with Crippen LogP contribution in [0, 0.1) is 6.92 Å². The van der Waals surface area contributed by atoms with Crippen molar-refractivity contribution >= 4 is 33.5 Å². The van der Waals surface area contributed by atoms with Crippen LogP contribution in [0.3, 0.4) is 0 Å². The lowest BCUT2D eigenvalue weighted by Crippen LogP contribution is -2.14. The number of carbonyl (C=O) groups is 2. The Labute approximate surface area is 131 Å². The maximum Gasteiger partial charge on any atom is 0.308 e. The zero-order valence-electron chi connectivity index (χ0n) is 11.6. The van der Waals surface area contributed by atoms with Crippen LogP contribution < -0.4 is 10.1 Å². The van der Waals surface area contributed by atoms with E-state index in [2.05, 4.69) is 21.2 Å². The molecule has 2 rings (SSSR count). The zero-order chi connectivity index (χ0) is 15.4. The molecule has 1 N–H and O–H groups in total. The first kappa shape index (κ1) is 15.3. The highest BCUT2D eigenvalue weighted by atomic mass is 79.9. The van der Waals surface area contributed by atoms with Gasteiger partial charge in [0.25, 0.3) is 5.91 Å². The second-order valence-electron chi connectivity index (χ2n) is 4.51. The van der Waals surface area contributed by atoms with Crippen molar-refractivity contribution in [3.8, 4) is 5.75 Å². The average Bonchev–Trinajstić information content (AvgIpc) is 2.43.